The van der Waals surface area contributed by atoms with Crippen LogP contribution in [0.3, 0.4) is 0 Å². The number of ether oxygens (including phenoxy) is 1. The van der Waals surface area contributed by atoms with Crippen LogP contribution >= 0.6 is 0 Å². The van der Waals surface area contributed by atoms with Crippen molar-refractivity contribution in [1.29, 1.82) is 5.41 Å². The summed E-state index contributed by atoms with van der Waals surface area (Å²) in [6, 6.07) is 4.59. The van der Waals surface area contributed by atoms with Crippen LogP contribution in [0, 0.1) is 11.3 Å². The highest BCUT2D eigenvalue weighted by Crippen LogP contribution is 2.28. The van der Waals surface area contributed by atoms with Crippen molar-refractivity contribution in [3.63, 3.8) is 0 Å². The van der Waals surface area contributed by atoms with Gasteiger partial charge < -0.3 is 26.8 Å². The molecule has 0 spiro atoms. The molecule has 4 atom stereocenters. The van der Waals surface area contributed by atoms with Crippen molar-refractivity contribution >= 4 is 36.1 Å². The molecule has 1 radical (unpaired) electrons. The van der Waals surface area contributed by atoms with Gasteiger partial charge in [0.1, 0.15) is 23.7 Å². The second-order valence-electron chi connectivity index (χ2n) is 13.6. The van der Waals surface area contributed by atoms with Crippen molar-refractivity contribution in [1.82, 2.24) is 20.4 Å². The van der Waals surface area contributed by atoms with Crippen LogP contribution < -0.4 is 22.1 Å². The molecule has 47 heavy (non-hydrogen) atoms. The van der Waals surface area contributed by atoms with Crippen molar-refractivity contribution in [2.24, 2.45) is 17.4 Å². The van der Waals surface area contributed by atoms with E-state index < -0.39 is 53.6 Å². The quantitative estimate of drug-likeness (QED) is 0.114. The minimum Gasteiger partial charge on any atom is -0.444 e. The molecule has 259 valence electrons. The summed E-state index contributed by atoms with van der Waals surface area (Å²) in [5, 5.41) is 12.9. The molecule has 2 fully saturated rings. The van der Waals surface area contributed by atoms with Gasteiger partial charge >= 0.3 is 6.09 Å². The SMILES string of the molecule is CC(C)(C)OC(=O)N1CCC[C@H]1C(=O)N[C@@H](Cc1ccccc1)C(=O)N(C(=O)[C@H](N)CC1CCCCC1)[C@H]([C]=O)CCCNC(=N)N. The van der Waals surface area contributed by atoms with Gasteiger partial charge in [-0.3, -0.25) is 34.4 Å². The monoisotopic (exact) mass is 654 g/mol. The van der Waals surface area contributed by atoms with E-state index in [9.17, 15) is 24.0 Å². The Morgan fingerprint density at radius 1 is 1.06 bits per heavy atom. The largest absolute Gasteiger partial charge is 0.444 e. The Morgan fingerprint density at radius 2 is 1.74 bits per heavy atom. The van der Waals surface area contributed by atoms with Crippen LogP contribution in [0.2, 0.25) is 0 Å². The minimum absolute atomic E-state index is 0.0314. The number of carbonyl (C=O) groups excluding carboxylic acids is 5. The molecule has 1 heterocycles. The minimum atomic E-state index is -1.28. The lowest BCUT2D eigenvalue weighted by atomic mass is 9.84. The van der Waals surface area contributed by atoms with Gasteiger partial charge in [0.2, 0.25) is 18.1 Å². The van der Waals surface area contributed by atoms with E-state index in [2.05, 4.69) is 10.6 Å². The number of carbonyl (C=O) groups is 4. The van der Waals surface area contributed by atoms with Crippen LogP contribution in [0.5, 0.6) is 0 Å². The van der Waals surface area contributed by atoms with Gasteiger partial charge in [0, 0.05) is 19.5 Å². The van der Waals surface area contributed by atoms with E-state index in [4.69, 9.17) is 21.6 Å². The van der Waals surface area contributed by atoms with E-state index in [1.54, 1.807) is 45.0 Å². The maximum absolute atomic E-state index is 14.5. The number of nitrogens with one attached hydrogen (secondary N) is 3. The van der Waals surface area contributed by atoms with Crippen LogP contribution in [0.15, 0.2) is 30.3 Å². The number of rotatable bonds is 14. The van der Waals surface area contributed by atoms with Gasteiger partial charge in [-0.05, 0) is 64.4 Å². The Morgan fingerprint density at radius 3 is 2.36 bits per heavy atom. The average Bonchev–Trinajstić information content (AvgIpc) is 3.52. The zero-order valence-corrected chi connectivity index (χ0v) is 28.0. The van der Waals surface area contributed by atoms with Crippen molar-refractivity contribution in [3.8, 4) is 0 Å². The van der Waals surface area contributed by atoms with Crippen LogP contribution in [0.1, 0.15) is 90.5 Å². The summed E-state index contributed by atoms with van der Waals surface area (Å²) < 4.78 is 5.52. The fourth-order valence-electron chi connectivity index (χ4n) is 6.30. The van der Waals surface area contributed by atoms with Crippen molar-refractivity contribution in [2.75, 3.05) is 13.1 Å². The Labute approximate surface area is 278 Å². The van der Waals surface area contributed by atoms with Gasteiger partial charge in [-0.2, -0.15) is 0 Å². The molecule has 7 N–H and O–H groups in total. The van der Waals surface area contributed by atoms with Crippen molar-refractivity contribution in [3.05, 3.63) is 35.9 Å². The number of amides is 4. The zero-order valence-electron chi connectivity index (χ0n) is 28.0. The molecular formula is C34H52N7O6. The first-order chi connectivity index (χ1) is 22.3. The first-order valence-corrected chi connectivity index (χ1v) is 16.7. The van der Waals surface area contributed by atoms with E-state index in [0.29, 0.717) is 32.2 Å². The molecule has 4 amide bonds. The predicted molar refractivity (Wildman–Crippen MR) is 178 cm³/mol. The van der Waals surface area contributed by atoms with Gasteiger partial charge in [0.05, 0.1) is 6.04 Å². The van der Waals surface area contributed by atoms with Crippen molar-refractivity contribution < 1.29 is 28.7 Å². The van der Waals surface area contributed by atoms with Gasteiger partial charge in [0.15, 0.2) is 5.96 Å². The number of hydrogen-bond acceptors (Lipinski definition) is 8. The van der Waals surface area contributed by atoms with Crippen LogP contribution in [0.25, 0.3) is 0 Å². The third kappa shape index (κ3) is 11.6. The molecule has 1 saturated heterocycles. The first-order valence-electron chi connectivity index (χ1n) is 16.7. The molecule has 1 saturated carbocycles. The molecule has 0 aromatic heterocycles. The lowest BCUT2D eigenvalue weighted by Gasteiger charge is -2.34. The van der Waals surface area contributed by atoms with Gasteiger partial charge in [-0.1, -0.05) is 62.4 Å². The van der Waals surface area contributed by atoms with Crippen LogP contribution in [-0.2, 0) is 30.3 Å². The number of likely N-dealkylation sites (tertiary alicyclic amines) is 1. The fraction of sp³-hybridized carbons (Fsp3) is 0.647. The summed E-state index contributed by atoms with van der Waals surface area (Å²) in [6.45, 7) is 5.79. The number of hydrogen-bond donors (Lipinski definition) is 5. The number of nitrogens with zero attached hydrogens (tertiary/aromatic N) is 2. The molecule has 1 aromatic carbocycles. The Bertz CT molecular complexity index is 1230. The highest BCUT2D eigenvalue weighted by atomic mass is 16.6. The normalized spacial score (nSPS) is 18.8. The van der Waals surface area contributed by atoms with E-state index in [1.165, 1.54) is 4.90 Å². The highest BCUT2D eigenvalue weighted by molar-refractivity contribution is 6.03. The molecule has 2 aliphatic rings. The van der Waals surface area contributed by atoms with Gasteiger partial charge in [0.25, 0.3) is 5.91 Å². The summed E-state index contributed by atoms with van der Waals surface area (Å²) >= 11 is 0. The Balaban J connectivity index is 1.91. The number of guanidine groups is 1. The molecule has 1 aliphatic heterocycles. The molecule has 13 heteroatoms. The number of nitrogens with two attached hydrogens (primary N) is 2. The third-order valence-electron chi connectivity index (χ3n) is 8.60. The Hall–Kier alpha value is -4.00. The smallest absolute Gasteiger partial charge is 0.410 e. The number of imide groups is 1. The molecule has 1 aliphatic carbocycles. The molecular weight excluding hydrogens is 602 g/mol. The summed E-state index contributed by atoms with van der Waals surface area (Å²) in [4.78, 5) is 69.8. The molecule has 1 aromatic rings. The second-order valence-corrected chi connectivity index (χ2v) is 13.6. The average molecular weight is 655 g/mol. The van der Waals surface area contributed by atoms with E-state index in [1.807, 2.05) is 12.4 Å². The maximum Gasteiger partial charge on any atom is 0.410 e. The molecule has 0 bridgehead atoms. The molecule has 3 rings (SSSR count). The first kappa shape index (κ1) is 37.5. The molecule has 0 unspecified atom stereocenters. The lowest BCUT2D eigenvalue weighted by molar-refractivity contribution is -0.150. The van der Waals surface area contributed by atoms with E-state index >= 15 is 0 Å². The summed E-state index contributed by atoms with van der Waals surface area (Å²) in [5.41, 5.74) is 11.8. The standard InChI is InChI=1S/C34H52N7O6/c1-34(2,3)47-33(46)40-19-11-17-28(40)29(43)39-27(21-24-14-8-5-9-15-24)31(45)41(25(22-42)16-10-18-38-32(36)37)30(44)26(35)20-23-12-6-4-7-13-23/h5,8-9,14-15,23,25-28H,4,6-7,10-13,16-21,35H2,1-3H3,(H,39,43)(H4,36,37,38)/t25-,26+,27-,28-/m0/s1. The van der Waals surface area contributed by atoms with Gasteiger partial charge in [-0.25, -0.2) is 4.79 Å². The second kappa shape index (κ2) is 17.8. The van der Waals surface area contributed by atoms with Crippen LogP contribution in [-0.4, -0.2) is 88.7 Å². The predicted octanol–water partition coefficient (Wildman–Crippen LogP) is 2.51. The topological polar surface area (TPSA) is 201 Å². The van der Waals surface area contributed by atoms with E-state index in [0.717, 1.165) is 42.6 Å². The van der Waals surface area contributed by atoms with Gasteiger partial charge in [-0.15, -0.1) is 0 Å². The maximum atomic E-state index is 14.5. The molecule has 13 nitrogen and oxygen atoms in total. The fourth-order valence-corrected chi connectivity index (χ4v) is 6.30. The number of benzene rings is 1. The Kier molecular flexibility index (Phi) is 14.2. The highest BCUT2D eigenvalue weighted by Gasteiger charge is 2.41. The van der Waals surface area contributed by atoms with Crippen LogP contribution in [0.4, 0.5) is 4.79 Å². The van der Waals surface area contributed by atoms with E-state index in [-0.39, 0.29) is 31.3 Å². The zero-order chi connectivity index (χ0) is 34.6. The lowest BCUT2D eigenvalue weighted by Crippen LogP contribution is -2.60. The summed E-state index contributed by atoms with van der Waals surface area (Å²) in [5.74, 6) is -2.04. The summed E-state index contributed by atoms with van der Waals surface area (Å²) in [7, 11) is 0. The third-order valence-corrected chi connectivity index (χ3v) is 8.60. The summed E-state index contributed by atoms with van der Waals surface area (Å²) in [6.07, 6.45) is 8.07. The van der Waals surface area contributed by atoms with Crippen molar-refractivity contribution in [2.45, 2.75) is 121 Å².